The zero-order chi connectivity index (χ0) is 18.6. The molecular formula is C20H29NO3S. The Bertz CT molecular complexity index is 597. The van der Waals surface area contributed by atoms with Gasteiger partial charge in [0.25, 0.3) is 5.91 Å². The van der Waals surface area contributed by atoms with Crippen LogP contribution >= 0.6 is 11.8 Å². The molecule has 0 aromatic heterocycles. The number of amides is 1. The Hall–Kier alpha value is -1.49. The first-order chi connectivity index (χ1) is 11.8. The summed E-state index contributed by atoms with van der Waals surface area (Å²) in [5, 5.41) is 0.0189. The number of carbonyl (C=O) groups is 2. The lowest BCUT2D eigenvalue weighted by molar-refractivity contribution is -0.149. The molecule has 1 heterocycles. The molecule has 138 valence electrons. The number of carbonyl (C=O) groups excluding carboxylic acids is 2. The minimum absolute atomic E-state index is 0.0189. The zero-order valence-corrected chi connectivity index (χ0v) is 16.6. The van der Waals surface area contributed by atoms with Crippen molar-refractivity contribution in [2.75, 3.05) is 12.4 Å². The van der Waals surface area contributed by atoms with Gasteiger partial charge in [-0.3, -0.25) is 4.79 Å². The third kappa shape index (κ3) is 5.24. The van der Waals surface area contributed by atoms with E-state index in [-0.39, 0.29) is 23.2 Å². The number of hydrogen-bond acceptors (Lipinski definition) is 4. The van der Waals surface area contributed by atoms with E-state index in [4.69, 9.17) is 4.74 Å². The number of ether oxygens (including phenoxy) is 1. The summed E-state index contributed by atoms with van der Waals surface area (Å²) in [7, 11) is 0. The van der Waals surface area contributed by atoms with E-state index < -0.39 is 6.04 Å². The Morgan fingerprint density at radius 3 is 2.36 bits per heavy atom. The monoisotopic (exact) mass is 363 g/mol. The quantitative estimate of drug-likeness (QED) is 0.713. The SMILES string of the molecule is Cc1ccc(C(=O)N2C(CC(C)C)SCC2C(=O)OCC(C)C)cc1. The zero-order valence-electron chi connectivity index (χ0n) is 15.8. The molecule has 1 aromatic rings. The van der Waals surface area contributed by atoms with Gasteiger partial charge in [0.05, 0.1) is 12.0 Å². The highest BCUT2D eigenvalue weighted by Crippen LogP contribution is 2.35. The van der Waals surface area contributed by atoms with Crippen molar-refractivity contribution >= 4 is 23.6 Å². The number of nitrogens with zero attached hydrogens (tertiary/aromatic N) is 1. The van der Waals surface area contributed by atoms with Gasteiger partial charge >= 0.3 is 5.97 Å². The lowest BCUT2D eigenvalue weighted by atomic mass is 10.1. The van der Waals surface area contributed by atoms with Crippen LogP contribution in [0, 0.1) is 18.8 Å². The van der Waals surface area contributed by atoms with Crippen molar-refractivity contribution in [2.24, 2.45) is 11.8 Å². The topological polar surface area (TPSA) is 46.6 Å². The first kappa shape index (κ1) is 19.8. The van der Waals surface area contributed by atoms with Crippen LogP contribution in [0.2, 0.25) is 0 Å². The molecule has 0 N–H and O–H groups in total. The Labute approximate surface area is 155 Å². The summed E-state index contributed by atoms with van der Waals surface area (Å²) in [6, 6.07) is 7.04. The highest BCUT2D eigenvalue weighted by atomic mass is 32.2. The third-order valence-electron chi connectivity index (χ3n) is 4.13. The molecule has 1 saturated heterocycles. The van der Waals surface area contributed by atoms with Gasteiger partial charge in [-0.05, 0) is 37.3 Å². The average Bonchev–Trinajstić information content (AvgIpc) is 2.95. The minimum atomic E-state index is -0.499. The van der Waals surface area contributed by atoms with Crippen molar-refractivity contribution in [2.45, 2.75) is 52.5 Å². The summed E-state index contributed by atoms with van der Waals surface area (Å²) in [6.07, 6.45) is 0.871. The van der Waals surface area contributed by atoms with E-state index in [2.05, 4.69) is 13.8 Å². The molecule has 1 aliphatic heterocycles. The van der Waals surface area contributed by atoms with Crippen LogP contribution in [0.3, 0.4) is 0 Å². The molecule has 1 aromatic carbocycles. The van der Waals surface area contributed by atoms with Gasteiger partial charge in [0.2, 0.25) is 0 Å². The first-order valence-electron chi connectivity index (χ1n) is 8.97. The lowest BCUT2D eigenvalue weighted by Crippen LogP contribution is -2.46. The molecule has 1 amide bonds. The van der Waals surface area contributed by atoms with Crippen molar-refractivity contribution in [3.8, 4) is 0 Å². The lowest BCUT2D eigenvalue weighted by Gasteiger charge is -2.29. The average molecular weight is 364 g/mol. The van der Waals surface area contributed by atoms with Gasteiger partial charge in [0, 0.05) is 11.3 Å². The van der Waals surface area contributed by atoms with E-state index in [1.54, 1.807) is 16.7 Å². The number of esters is 1. The summed E-state index contributed by atoms with van der Waals surface area (Å²) in [5.41, 5.74) is 1.74. The van der Waals surface area contributed by atoms with Crippen molar-refractivity contribution in [3.63, 3.8) is 0 Å². The molecule has 0 radical (unpaired) electrons. The van der Waals surface area contributed by atoms with E-state index >= 15 is 0 Å². The van der Waals surface area contributed by atoms with E-state index in [0.29, 0.717) is 23.8 Å². The van der Waals surface area contributed by atoms with Crippen LogP contribution in [0.15, 0.2) is 24.3 Å². The van der Waals surface area contributed by atoms with Crippen LogP contribution in [0.5, 0.6) is 0 Å². The minimum Gasteiger partial charge on any atom is -0.464 e. The molecule has 0 bridgehead atoms. The fraction of sp³-hybridized carbons (Fsp3) is 0.600. The molecule has 2 atom stereocenters. The van der Waals surface area contributed by atoms with Gasteiger partial charge in [-0.25, -0.2) is 4.79 Å². The highest BCUT2D eigenvalue weighted by molar-refractivity contribution is 8.00. The van der Waals surface area contributed by atoms with Crippen LogP contribution in [-0.4, -0.2) is 40.6 Å². The number of thioether (sulfide) groups is 1. The van der Waals surface area contributed by atoms with Crippen LogP contribution in [0.1, 0.15) is 50.0 Å². The van der Waals surface area contributed by atoms with Gasteiger partial charge in [-0.15, -0.1) is 11.8 Å². The molecule has 1 aliphatic rings. The van der Waals surface area contributed by atoms with Gasteiger partial charge in [-0.2, -0.15) is 0 Å². The maximum absolute atomic E-state index is 13.1. The summed E-state index contributed by atoms with van der Waals surface area (Å²) in [6.45, 7) is 10.7. The van der Waals surface area contributed by atoms with Crippen LogP contribution in [-0.2, 0) is 9.53 Å². The standard InChI is InChI=1S/C20H29NO3S/c1-13(2)10-18-21(19(22)16-8-6-15(5)7-9-16)17(12-25-18)20(23)24-11-14(3)4/h6-9,13-14,17-18H,10-12H2,1-5H3. The first-order valence-corrected chi connectivity index (χ1v) is 10.0. The fourth-order valence-electron chi connectivity index (χ4n) is 2.79. The fourth-order valence-corrected chi connectivity index (χ4v) is 4.42. The summed E-state index contributed by atoms with van der Waals surface area (Å²) in [4.78, 5) is 27.4. The molecule has 1 fully saturated rings. The largest absolute Gasteiger partial charge is 0.464 e. The summed E-state index contributed by atoms with van der Waals surface area (Å²) >= 11 is 1.68. The van der Waals surface area contributed by atoms with Gasteiger partial charge < -0.3 is 9.64 Å². The second kappa shape index (κ2) is 8.75. The number of benzene rings is 1. The molecule has 2 rings (SSSR count). The van der Waals surface area contributed by atoms with Crippen molar-refractivity contribution in [3.05, 3.63) is 35.4 Å². The molecule has 5 heteroatoms. The van der Waals surface area contributed by atoms with Gasteiger partial charge in [0.1, 0.15) is 6.04 Å². The Balaban J connectivity index is 2.22. The molecule has 0 aliphatic carbocycles. The predicted octanol–water partition coefficient (Wildman–Crippen LogP) is 4.12. The molecule has 4 nitrogen and oxygen atoms in total. The maximum Gasteiger partial charge on any atom is 0.329 e. The summed E-state index contributed by atoms with van der Waals surface area (Å²) in [5.74, 6) is 0.975. The molecular weight excluding hydrogens is 334 g/mol. The summed E-state index contributed by atoms with van der Waals surface area (Å²) < 4.78 is 5.43. The number of hydrogen-bond donors (Lipinski definition) is 0. The Morgan fingerprint density at radius 1 is 1.16 bits per heavy atom. The van der Waals surface area contributed by atoms with Crippen LogP contribution in [0.25, 0.3) is 0 Å². The van der Waals surface area contributed by atoms with Gasteiger partial charge in [0.15, 0.2) is 0 Å². The maximum atomic E-state index is 13.1. The second-order valence-corrected chi connectivity index (χ2v) is 8.75. The van der Waals surface area contributed by atoms with Crippen molar-refractivity contribution in [1.29, 1.82) is 0 Å². The van der Waals surface area contributed by atoms with E-state index in [9.17, 15) is 9.59 Å². The predicted molar refractivity (Wildman–Crippen MR) is 103 cm³/mol. The molecule has 25 heavy (non-hydrogen) atoms. The third-order valence-corrected chi connectivity index (χ3v) is 5.44. The molecule has 0 spiro atoms. The number of rotatable bonds is 6. The second-order valence-electron chi connectivity index (χ2n) is 7.54. The Morgan fingerprint density at radius 2 is 1.80 bits per heavy atom. The molecule has 2 unspecified atom stereocenters. The van der Waals surface area contributed by atoms with Crippen molar-refractivity contribution in [1.82, 2.24) is 4.90 Å². The van der Waals surface area contributed by atoms with E-state index in [0.717, 1.165) is 12.0 Å². The van der Waals surface area contributed by atoms with Crippen LogP contribution < -0.4 is 0 Å². The number of aryl methyl sites for hydroxylation is 1. The normalized spacial score (nSPS) is 20.4. The van der Waals surface area contributed by atoms with Gasteiger partial charge in [-0.1, -0.05) is 45.4 Å². The molecule has 0 saturated carbocycles. The Kier molecular flexibility index (Phi) is 6.94. The highest BCUT2D eigenvalue weighted by Gasteiger charge is 2.42. The van der Waals surface area contributed by atoms with E-state index in [1.165, 1.54) is 0 Å². The van der Waals surface area contributed by atoms with E-state index in [1.807, 2.05) is 45.0 Å². The van der Waals surface area contributed by atoms with Crippen molar-refractivity contribution < 1.29 is 14.3 Å². The van der Waals surface area contributed by atoms with Crippen LogP contribution in [0.4, 0.5) is 0 Å². The smallest absolute Gasteiger partial charge is 0.329 e.